The topological polar surface area (TPSA) is 70.2 Å². The van der Waals surface area contributed by atoms with E-state index in [2.05, 4.69) is 20.6 Å². The molecule has 2 aromatic heterocycles. The van der Waals surface area contributed by atoms with Crippen molar-refractivity contribution in [2.75, 3.05) is 15.5 Å². The van der Waals surface area contributed by atoms with Crippen LogP contribution < -0.4 is 15.5 Å². The van der Waals surface area contributed by atoms with Crippen LogP contribution in [0.4, 0.5) is 32.7 Å². The molecule has 150 valence electrons. The van der Waals surface area contributed by atoms with Gasteiger partial charge in [0.2, 0.25) is 0 Å². The molecule has 0 spiro atoms. The molecule has 4 aromatic rings. The molecule has 0 aliphatic carbocycles. The number of carbonyl (C=O) groups is 1. The average Bonchev–Trinajstić information content (AvgIpc) is 3.27. The number of thiazole rings is 1. The fourth-order valence-electron chi connectivity index (χ4n) is 3.02. The standard InChI is InChI=1S/C23H21N5OS/c1-16-5-8-18(9-6-16)26-22(29)27-19-10-7-17(2)21(14-19)28(23-25-12-13-30-23)20-4-3-11-24-15-20/h3-15H,1-2H3,(H2,26,27,29). The van der Waals surface area contributed by atoms with Crippen molar-refractivity contribution in [1.29, 1.82) is 0 Å². The summed E-state index contributed by atoms with van der Waals surface area (Å²) < 4.78 is 0. The molecule has 0 saturated heterocycles. The SMILES string of the molecule is Cc1ccc(NC(=O)Nc2ccc(C)c(N(c3cccnc3)c3nccs3)c2)cc1. The van der Waals surface area contributed by atoms with Crippen LogP contribution in [0.5, 0.6) is 0 Å². The number of rotatable bonds is 5. The van der Waals surface area contributed by atoms with E-state index >= 15 is 0 Å². The minimum atomic E-state index is -0.296. The second-order valence-electron chi connectivity index (χ2n) is 6.81. The minimum absolute atomic E-state index is 0.296. The maximum absolute atomic E-state index is 12.5. The number of urea groups is 1. The van der Waals surface area contributed by atoms with E-state index in [1.807, 2.05) is 78.7 Å². The first-order valence-corrected chi connectivity index (χ1v) is 10.3. The van der Waals surface area contributed by atoms with Gasteiger partial charge in [-0.25, -0.2) is 9.78 Å². The highest BCUT2D eigenvalue weighted by Gasteiger charge is 2.17. The van der Waals surface area contributed by atoms with Crippen LogP contribution in [-0.4, -0.2) is 16.0 Å². The van der Waals surface area contributed by atoms with Gasteiger partial charge in [-0.05, 0) is 55.8 Å². The number of nitrogens with one attached hydrogen (secondary N) is 2. The molecule has 30 heavy (non-hydrogen) atoms. The van der Waals surface area contributed by atoms with Gasteiger partial charge in [-0.15, -0.1) is 11.3 Å². The molecule has 2 N–H and O–H groups in total. The third-order valence-electron chi connectivity index (χ3n) is 4.53. The predicted octanol–water partition coefficient (Wildman–Crippen LogP) is 6.27. The highest BCUT2D eigenvalue weighted by Crippen LogP contribution is 2.38. The van der Waals surface area contributed by atoms with Crippen LogP contribution in [0, 0.1) is 13.8 Å². The summed E-state index contributed by atoms with van der Waals surface area (Å²) in [6.07, 6.45) is 5.31. The van der Waals surface area contributed by atoms with Crippen molar-refractivity contribution < 1.29 is 4.79 Å². The molecule has 0 radical (unpaired) electrons. The van der Waals surface area contributed by atoms with E-state index in [0.717, 1.165) is 33.3 Å². The molecule has 0 aliphatic heterocycles. The van der Waals surface area contributed by atoms with Crippen molar-refractivity contribution in [2.24, 2.45) is 0 Å². The van der Waals surface area contributed by atoms with Crippen LogP contribution in [0.1, 0.15) is 11.1 Å². The monoisotopic (exact) mass is 415 g/mol. The summed E-state index contributed by atoms with van der Waals surface area (Å²) in [5.74, 6) is 0. The lowest BCUT2D eigenvalue weighted by Gasteiger charge is -2.24. The Hall–Kier alpha value is -3.71. The van der Waals surface area contributed by atoms with Crippen molar-refractivity contribution in [3.05, 3.63) is 89.7 Å². The van der Waals surface area contributed by atoms with E-state index in [1.54, 1.807) is 18.6 Å². The van der Waals surface area contributed by atoms with Crippen LogP contribution >= 0.6 is 11.3 Å². The van der Waals surface area contributed by atoms with E-state index in [9.17, 15) is 4.79 Å². The lowest BCUT2D eigenvalue weighted by atomic mass is 10.1. The van der Waals surface area contributed by atoms with Crippen molar-refractivity contribution in [3.8, 4) is 0 Å². The number of pyridine rings is 1. The molecule has 0 atom stereocenters. The highest BCUT2D eigenvalue weighted by atomic mass is 32.1. The van der Waals surface area contributed by atoms with Gasteiger partial charge in [-0.1, -0.05) is 23.8 Å². The number of aromatic nitrogens is 2. The fourth-order valence-corrected chi connectivity index (χ4v) is 3.70. The maximum atomic E-state index is 12.5. The summed E-state index contributed by atoms with van der Waals surface area (Å²) in [6, 6.07) is 17.1. The first-order valence-electron chi connectivity index (χ1n) is 9.45. The molecule has 0 fully saturated rings. The van der Waals surface area contributed by atoms with E-state index < -0.39 is 0 Å². The molecule has 0 bridgehead atoms. The number of carbonyl (C=O) groups excluding carboxylic acids is 1. The largest absolute Gasteiger partial charge is 0.323 e. The number of hydrogen-bond acceptors (Lipinski definition) is 5. The van der Waals surface area contributed by atoms with E-state index in [1.165, 1.54) is 11.3 Å². The van der Waals surface area contributed by atoms with E-state index in [4.69, 9.17) is 0 Å². The molecule has 2 amide bonds. The van der Waals surface area contributed by atoms with Gasteiger partial charge in [0.1, 0.15) is 0 Å². The first kappa shape index (κ1) is 19.6. The van der Waals surface area contributed by atoms with E-state index in [-0.39, 0.29) is 6.03 Å². The quantitative estimate of drug-likeness (QED) is 0.403. The summed E-state index contributed by atoms with van der Waals surface area (Å²) in [4.78, 5) is 23.2. The van der Waals surface area contributed by atoms with Gasteiger partial charge in [-0.3, -0.25) is 9.88 Å². The zero-order valence-corrected chi connectivity index (χ0v) is 17.5. The van der Waals surface area contributed by atoms with Crippen LogP contribution in [0.3, 0.4) is 0 Å². The Balaban J connectivity index is 1.61. The smallest absolute Gasteiger partial charge is 0.308 e. The Bertz CT molecular complexity index is 1130. The number of nitrogens with zero attached hydrogens (tertiary/aromatic N) is 3. The van der Waals surface area contributed by atoms with Crippen LogP contribution in [0.25, 0.3) is 0 Å². The molecule has 0 aliphatic rings. The van der Waals surface area contributed by atoms with Gasteiger partial charge < -0.3 is 10.6 Å². The average molecular weight is 416 g/mol. The van der Waals surface area contributed by atoms with Crippen LogP contribution in [-0.2, 0) is 0 Å². The molecule has 2 aromatic carbocycles. The molecule has 6 nitrogen and oxygen atoms in total. The highest BCUT2D eigenvalue weighted by molar-refractivity contribution is 7.13. The van der Waals surface area contributed by atoms with Crippen molar-refractivity contribution in [1.82, 2.24) is 9.97 Å². The number of benzene rings is 2. The fraction of sp³-hybridized carbons (Fsp3) is 0.0870. The van der Waals surface area contributed by atoms with Gasteiger partial charge in [0.05, 0.1) is 17.6 Å². The third-order valence-corrected chi connectivity index (χ3v) is 5.29. The minimum Gasteiger partial charge on any atom is -0.308 e. The number of anilines is 5. The summed E-state index contributed by atoms with van der Waals surface area (Å²) in [5, 5.41) is 8.53. The number of aryl methyl sites for hydroxylation is 2. The second-order valence-corrected chi connectivity index (χ2v) is 7.68. The van der Waals surface area contributed by atoms with Crippen molar-refractivity contribution >= 4 is 45.2 Å². The van der Waals surface area contributed by atoms with Gasteiger partial charge in [-0.2, -0.15) is 0 Å². The lowest BCUT2D eigenvalue weighted by Crippen LogP contribution is -2.20. The predicted molar refractivity (Wildman–Crippen MR) is 123 cm³/mol. The van der Waals surface area contributed by atoms with Crippen LogP contribution in [0.2, 0.25) is 0 Å². The van der Waals surface area contributed by atoms with Gasteiger partial charge >= 0.3 is 6.03 Å². The second kappa shape index (κ2) is 8.75. The Morgan fingerprint density at radius 1 is 0.967 bits per heavy atom. The first-order chi connectivity index (χ1) is 14.6. The third kappa shape index (κ3) is 4.47. The van der Waals surface area contributed by atoms with Gasteiger partial charge in [0.15, 0.2) is 5.13 Å². The van der Waals surface area contributed by atoms with Gasteiger partial charge in [0, 0.05) is 29.1 Å². The van der Waals surface area contributed by atoms with Crippen molar-refractivity contribution in [2.45, 2.75) is 13.8 Å². The normalized spacial score (nSPS) is 10.5. The molecule has 7 heteroatoms. The number of hydrogen-bond donors (Lipinski definition) is 2. The zero-order valence-electron chi connectivity index (χ0n) is 16.7. The summed E-state index contributed by atoms with van der Waals surface area (Å²) in [5.41, 5.74) is 5.44. The Labute approximate surface area is 179 Å². The summed E-state index contributed by atoms with van der Waals surface area (Å²) >= 11 is 1.54. The Morgan fingerprint density at radius 2 is 1.73 bits per heavy atom. The Morgan fingerprint density at radius 3 is 2.43 bits per heavy atom. The van der Waals surface area contributed by atoms with Crippen molar-refractivity contribution in [3.63, 3.8) is 0 Å². The van der Waals surface area contributed by atoms with E-state index in [0.29, 0.717) is 5.69 Å². The summed E-state index contributed by atoms with van der Waals surface area (Å²) in [7, 11) is 0. The molecule has 2 heterocycles. The maximum Gasteiger partial charge on any atom is 0.323 e. The van der Waals surface area contributed by atoms with Crippen LogP contribution in [0.15, 0.2) is 78.6 Å². The molecular formula is C23H21N5OS. The zero-order chi connectivity index (χ0) is 20.9. The lowest BCUT2D eigenvalue weighted by molar-refractivity contribution is 0.262. The Kier molecular flexibility index (Phi) is 5.72. The van der Waals surface area contributed by atoms with Gasteiger partial charge in [0.25, 0.3) is 0 Å². The molecular weight excluding hydrogens is 394 g/mol. The summed E-state index contributed by atoms with van der Waals surface area (Å²) in [6.45, 7) is 4.04. The number of amides is 2. The molecule has 4 rings (SSSR count). The molecule has 0 unspecified atom stereocenters. The molecule has 0 saturated carbocycles.